The van der Waals surface area contributed by atoms with Crippen LogP contribution in [0.4, 0.5) is 11.6 Å². The molecule has 6 heteroatoms. The van der Waals surface area contributed by atoms with E-state index in [2.05, 4.69) is 34.4 Å². The number of nitrogens with zero attached hydrogens (tertiary/aromatic N) is 2. The molecule has 3 rings (SSSR count). The number of hydrogen-bond acceptors (Lipinski definition) is 4. The number of halogens is 1. The summed E-state index contributed by atoms with van der Waals surface area (Å²) in [4.78, 5) is 20.9. The third-order valence-corrected chi connectivity index (χ3v) is 4.49. The van der Waals surface area contributed by atoms with Gasteiger partial charge in [-0.15, -0.1) is 0 Å². The molecule has 0 aliphatic rings. The highest BCUT2D eigenvalue weighted by Gasteiger charge is 2.10. The zero-order valence-electron chi connectivity index (χ0n) is 15.2. The molecule has 1 heterocycles. The molecule has 138 valence electrons. The van der Waals surface area contributed by atoms with E-state index < -0.39 is 0 Å². The molecule has 0 fully saturated rings. The summed E-state index contributed by atoms with van der Waals surface area (Å²) in [6.45, 7) is 4.73. The van der Waals surface area contributed by atoms with Gasteiger partial charge in [0.2, 0.25) is 5.95 Å². The minimum atomic E-state index is -0.282. The first-order chi connectivity index (χ1) is 13.0. The number of nitrogens with one attached hydrogen (secondary N) is 2. The third-order valence-electron chi connectivity index (χ3n) is 4.12. The van der Waals surface area contributed by atoms with Crippen LogP contribution in [0.2, 0.25) is 5.02 Å². The fraction of sp³-hybridized carbons (Fsp3) is 0.190. The summed E-state index contributed by atoms with van der Waals surface area (Å²) in [6, 6.07) is 16.9. The number of carbonyl (C=O) groups excluding carboxylic acids is 1. The fourth-order valence-corrected chi connectivity index (χ4v) is 2.74. The summed E-state index contributed by atoms with van der Waals surface area (Å²) < 4.78 is 0. The fourth-order valence-electron chi connectivity index (χ4n) is 2.53. The second-order valence-electron chi connectivity index (χ2n) is 6.44. The lowest BCUT2D eigenvalue weighted by molar-refractivity contribution is 0.102. The van der Waals surface area contributed by atoms with Crippen LogP contribution in [-0.2, 0) is 6.54 Å². The molecule has 3 aromatic rings. The van der Waals surface area contributed by atoms with E-state index in [1.54, 1.807) is 12.3 Å². The van der Waals surface area contributed by atoms with Crippen LogP contribution in [0.5, 0.6) is 0 Å². The van der Waals surface area contributed by atoms with E-state index in [4.69, 9.17) is 11.6 Å². The Bertz CT molecular complexity index is 925. The predicted molar refractivity (Wildman–Crippen MR) is 109 cm³/mol. The summed E-state index contributed by atoms with van der Waals surface area (Å²) in [5.41, 5.74) is 3.18. The van der Waals surface area contributed by atoms with Gasteiger partial charge in [0, 0.05) is 23.5 Å². The highest BCUT2D eigenvalue weighted by atomic mass is 35.5. The Kier molecular flexibility index (Phi) is 6.04. The van der Waals surface area contributed by atoms with Gasteiger partial charge in [-0.25, -0.2) is 9.97 Å². The Labute approximate surface area is 163 Å². The molecular weight excluding hydrogens is 360 g/mol. The molecule has 5 nitrogen and oxygen atoms in total. The van der Waals surface area contributed by atoms with E-state index in [1.165, 1.54) is 5.56 Å². The summed E-state index contributed by atoms with van der Waals surface area (Å²) in [5, 5.41) is 6.62. The number of hydrogen-bond donors (Lipinski definition) is 2. The Hall–Kier alpha value is -2.92. The van der Waals surface area contributed by atoms with Crippen LogP contribution in [-0.4, -0.2) is 15.9 Å². The van der Waals surface area contributed by atoms with Crippen molar-refractivity contribution in [3.63, 3.8) is 0 Å². The first kappa shape index (κ1) is 18.9. The number of anilines is 2. The number of carbonyl (C=O) groups is 1. The van der Waals surface area contributed by atoms with Crippen molar-refractivity contribution in [1.82, 2.24) is 9.97 Å². The quantitative estimate of drug-likeness (QED) is 0.623. The molecular formula is C21H21ClN4O. The van der Waals surface area contributed by atoms with Gasteiger partial charge in [-0.2, -0.15) is 0 Å². The lowest BCUT2D eigenvalue weighted by atomic mass is 10.0. The van der Waals surface area contributed by atoms with Gasteiger partial charge in [0.05, 0.1) is 0 Å². The normalized spacial score (nSPS) is 10.7. The SMILES string of the molecule is CC(C)c1ccc(NC(=O)c2ccnc(NCc3ccccc3Cl)n2)cc1. The predicted octanol–water partition coefficient (Wildman–Crippen LogP) is 5.12. The van der Waals surface area contributed by atoms with Crippen LogP contribution in [0.15, 0.2) is 60.8 Å². The molecule has 1 aromatic heterocycles. The van der Waals surface area contributed by atoms with Crippen LogP contribution in [0.1, 0.15) is 41.4 Å². The summed E-state index contributed by atoms with van der Waals surface area (Å²) in [7, 11) is 0. The van der Waals surface area contributed by atoms with Gasteiger partial charge in [-0.05, 0) is 41.3 Å². The molecule has 1 amide bonds. The van der Waals surface area contributed by atoms with Crippen molar-refractivity contribution in [2.24, 2.45) is 0 Å². The molecule has 0 aliphatic heterocycles. The summed E-state index contributed by atoms with van der Waals surface area (Å²) >= 11 is 6.15. The van der Waals surface area contributed by atoms with Gasteiger partial charge in [0.15, 0.2) is 0 Å². The number of benzene rings is 2. The monoisotopic (exact) mass is 380 g/mol. The topological polar surface area (TPSA) is 66.9 Å². The first-order valence-electron chi connectivity index (χ1n) is 8.74. The van der Waals surface area contributed by atoms with Gasteiger partial charge in [-0.3, -0.25) is 4.79 Å². The maximum absolute atomic E-state index is 12.5. The lowest BCUT2D eigenvalue weighted by Crippen LogP contribution is -2.15. The molecule has 0 aliphatic carbocycles. The van der Waals surface area contributed by atoms with Gasteiger partial charge < -0.3 is 10.6 Å². The van der Waals surface area contributed by atoms with E-state index in [-0.39, 0.29) is 5.91 Å². The van der Waals surface area contributed by atoms with E-state index in [0.717, 1.165) is 11.3 Å². The Balaban J connectivity index is 1.65. The molecule has 27 heavy (non-hydrogen) atoms. The van der Waals surface area contributed by atoms with Crippen molar-refractivity contribution in [3.05, 3.63) is 82.6 Å². The molecule has 0 atom stereocenters. The maximum atomic E-state index is 12.5. The minimum Gasteiger partial charge on any atom is -0.350 e. The number of rotatable bonds is 6. The van der Waals surface area contributed by atoms with E-state index in [9.17, 15) is 4.79 Å². The number of aromatic nitrogens is 2. The van der Waals surface area contributed by atoms with Crippen molar-refractivity contribution in [2.75, 3.05) is 10.6 Å². The highest BCUT2D eigenvalue weighted by Crippen LogP contribution is 2.18. The Morgan fingerprint density at radius 3 is 2.52 bits per heavy atom. The summed E-state index contributed by atoms with van der Waals surface area (Å²) in [6.07, 6.45) is 1.55. The van der Waals surface area contributed by atoms with Crippen molar-refractivity contribution >= 4 is 29.1 Å². The first-order valence-corrected chi connectivity index (χ1v) is 9.12. The number of amides is 1. The van der Waals surface area contributed by atoms with Gasteiger partial charge in [-0.1, -0.05) is 55.8 Å². The molecule has 0 radical (unpaired) electrons. The van der Waals surface area contributed by atoms with Crippen LogP contribution in [0.25, 0.3) is 0 Å². The van der Waals surface area contributed by atoms with Crippen LogP contribution < -0.4 is 10.6 Å². The minimum absolute atomic E-state index is 0.282. The molecule has 0 saturated heterocycles. The highest BCUT2D eigenvalue weighted by molar-refractivity contribution is 6.31. The molecule has 0 bridgehead atoms. The second kappa shape index (κ2) is 8.64. The van der Waals surface area contributed by atoms with Crippen LogP contribution in [0, 0.1) is 0 Å². The largest absolute Gasteiger partial charge is 0.350 e. The second-order valence-corrected chi connectivity index (χ2v) is 6.85. The molecule has 0 spiro atoms. The van der Waals surface area contributed by atoms with Gasteiger partial charge in [0.1, 0.15) is 5.69 Å². The van der Waals surface area contributed by atoms with Crippen molar-refractivity contribution in [3.8, 4) is 0 Å². The smallest absolute Gasteiger partial charge is 0.274 e. The lowest BCUT2D eigenvalue weighted by Gasteiger charge is -2.09. The summed E-state index contributed by atoms with van der Waals surface area (Å²) in [5.74, 6) is 0.539. The average molecular weight is 381 g/mol. The van der Waals surface area contributed by atoms with E-state index in [0.29, 0.717) is 29.1 Å². The Morgan fingerprint density at radius 1 is 1.07 bits per heavy atom. The maximum Gasteiger partial charge on any atom is 0.274 e. The van der Waals surface area contributed by atoms with Gasteiger partial charge in [0.25, 0.3) is 5.91 Å². The zero-order valence-corrected chi connectivity index (χ0v) is 16.0. The zero-order chi connectivity index (χ0) is 19.2. The van der Waals surface area contributed by atoms with E-state index >= 15 is 0 Å². The van der Waals surface area contributed by atoms with E-state index in [1.807, 2.05) is 48.5 Å². The van der Waals surface area contributed by atoms with Gasteiger partial charge >= 0.3 is 0 Å². The average Bonchev–Trinajstić information content (AvgIpc) is 2.68. The van der Waals surface area contributed by atoms with Crippen molar-refractivity contribution < 1.29 is 4.79 Å². The Morgan fingerprint density at radius 2 is 1.81 bits per heavy atom. The standard InChI is InChI=1S/C21H21ClN4O/c1-14(2)15-7-9-17(10-8-15)25-20(27)19-11-12-23-21(26-19)24-13-16-5-3-4-6-18(16)22/h3-12,14H,13H2,1-2H3,(H,25,27)(H,23,24,26). The third kappa shape index (κ3) is 5.05. The van der Waals surface area contributed by atoms with Crippen molar-refractivity contribution in [1.29, 1.82) is 0 Å². The molecule has 0 saturated carbocycles. The van der Waals surface area contributed by atoms with Crippen LogP contribution in [0.3, 0.4) is 0 Å². The molecule has 2 aromatic carbocycles. The molecule has 2 N–H and O–H groups in total. The van der Waals surface area contributed by atoms with Crippen LogP contribution >= 0.6 is 11.6 Å². The molecule has 0 unspecified atom stereocenters. The van der Waals surface area contributed by atoms with Crippen molar-refractivity contribution in [2.45, 2.75) is 26.3 Å².